The van der Waals surface area contributed by atoms with Crippen LogP contribution in [0.4, 0.5) is 4.39 Å². The molecule has 6 heteroatoms. The fourth-order valence-corrected chi connectivity index (χ4v) is 1.98. The summed E-state index contributed by atoms with van der Waals surface area (Å²) in [6.45, 7) is 5.32. The number of hydrogen-bond acceptors (Lipinski definition) is 4. The number of carbonyl (C=O) groups is 1. The van der Waals surface area contributed by atoms with Crippen molar-refractivity contribution in [1.82, 2.24) is 9.97 Å². The molecule has 0 saturated carbocycles. The second-order valence-electron chi connectivity index (χ2n) is 5.36. The summed E-state index contributed by atoms with van der Waals surface area (Å²) in [7, 11) is 0. The molecule has 0 aliphatic rings. The van der Waals surface area contributed by atoms with Crippen LogP contribution in [0.2, 0.25) is 5.28 Å². The average Bonchev–Trinajstić information content (AvgIpc) is 2.27. The van der Waals surface area contributed by atoms with E-state index >= 15 is 0 Å². The highest BCUT2D eigenvalue weighted by molar-refractivity contribution is 6.28. The summed E-state index contributed by atoms with van der Waals surface area (Å²) in [6, 6.07) is 4.06. The van der Waals surface area contributed by atoms with E-state index < -0.39 is 17.4 Å². The van der Waals surface area contributed by atoms with Crippen molar-refractivity contribution < 1.29 is 13.9 Å². The van der Waals surface area contributed by atoms with E-state index in [1.807, 2.05) is 0 Å². The van der Waals surface area contributed by atoms with Gasteiger partial charge in [-0.25, -0.2) is 14.4 Å². The first-order valence-corrected chi connectivity index (χ1v) is 6.46. The first-order valence-electron chi connectivity index (χ1n) is 6.08. The number of fused-ring (bicyclic) bond motifs is 1. The van der Waals surface area contributed by atoms with Crippen LogP contribution >= 0.6 is 11.6 Å². The molecule has 0 amide bonds. The van der Waals surface area contributed by atoms with Gasteiger partial charge in [0, 0.05) is 5.39 Å². The number of halogens is 2. The predicted molar refractivity (Wildman–Crippen MR) is 74.1 cm³/mol. The Kier molecular flexibility index (Phi) is 3.90. The molecule has 0 spiro atoms. The van der Waals surface area contributed by atoms with Crippen molar-refractivity contribution >= 4 is 28.5 Å². The van der Waals surface area contributed by atoms with Crippen molar-refractivity contribution in [3.8, 4) is 0 Å². The summed E-state index contributed by atoms with van der Waals surface area (Å²) in [6.07, 6.45) is -0.0839. The van der Waals surface area contributed by atoms with Crippen molar-refractivity contribution in [1.29, 1.82) is 0 Å². The SMILES string of the molecule is CC(C)(C)OC(=O)Cc1nc(Cl)nc2ccc(F)cc12. The zero-order valence-corrected chi connectivity index (χ0v) is 12.2. The minimum absolute atomic E-state index is 0.0164. The van der Waals surface area contributed by atoms with Crippen LogP contribution in [0.25, 0.3) is 10.9 Å². The fourth-order valence-electron chi connectivity index (χ4n) is 1.78. The number of ether oxygens (including phenoxy) is 1. The topological polar surface area (TPSA) is 52.1 Å². The van der Waals surface area contributed by atoms with Gasteiger partial charge in [0.05, 0.1) is 17.6 Å². The van der Waals surface area contributed by atoms with Crippen LogP contribution < -0.4 is 0 Å². The number of aromatic nitrogens is 2. The monoisotopic (exact) mass is 296 g/mol. The lowest BCUT2D eigenvalue weighted by Gasteiger charge is -2.19. The Morgan fingerprint density at radius 2 is 2.05 bits per heavy atom. The van der Waals surface area contributed by atoms with Gasteiger partial charge in [-0.1, -0.05) is 0 Å². The van der Waals surface area contributed by atoms with Crippen molar-refractivity contribution in [3.63, 3.8) is 0 Å². The largest absolute Gasteiger partial charge is 0.460 e. The van der Waals surface area contributed by atoms with Crippen LogP contribution in [0.3, 0.4) is 0 Å². The second-order valence-corrected chi connectivity index (χ2v) is 5.70. The van der Waals surface area contributed by atoms with Crippen molar-refractivity contribution in [2.45, 2.75) is 32.8 Å². The summed E-state index contributed by atoms with van der Waals surface area (Å²) in [4.78, 5) is 19.8. The van der Waals surface area contributed by atoms with Crippen LogP contribution in [0.15, 0.2) is 18.2 Å². The van der Waals surface area contributed by atoms with E-state index in [4.69, 9.17) is 16.3 Å². The van der Waals surface area contributed by atoms with Crippen LogP contribution in [0.1, 0.15) is 26.5 Å². The van der Waals surface area contributed by atoms with Crippen molar-refractivity contribution in [2.24, 2.45) is 0 Å². The molecule has 0 aliphatic heterocycles. The molecule has 2 aromatic rings. The van der Waals surface area contributed by atoms with Crippen molar-refractivity contribution in [2.75, 3.05) is 0 Å². The Hall–Kier alpha value is -1.75. The lowest BCUT2D eigenvalue weighted by atomic mass is 10.1. The summed E-state index contributed by atoms with van der Waals surface area (Å²) < 4.78 is 18.5. The molecule has 0 bridgehead atoms. The highest BCUT2D eigenvalue weighted by Gasteiger charge is 2.19. The molecule has 20 heavy (non-hydrogen) atoms. The first-order chi connectivity index (χ1) is 9.24. The minimum Gasteiger partial charge on any atom is -0.460 e. The maximum atomic E-state index is 13.3. The first kappa shape index (κ1) is 14.7. The van der Waals surface area contributed by atoms with Crippen LogP contribution in [-0.4, -0.2) is 21.5 Å². The average molecular weight is 297 g/mol. The van der Waals surface area contributed by atoms with Gasteiger partial charge >= 0.3 is 5.97 Å². The second kappa shape index (κ2) is 5.32. The Bertz CT molecular complexity index is 668. The number of rotatable bonds is 2. The molecule has 1 aromatic heterocycles. The molecule has 4 nitrogen and oxygen atoms in total. The Labute approximate surface area is 120 Å². The minimum atomic E-state index is -0.588. The molecule has 0 saturated heterocycles. The highest BCUT2D eigenvalue weighted by atomic mass is 35.5. The van der Waals surface area contributed by atoms with Crippen LogP contribution in [0.5, 0.6) is 0 Å². The molecule has 1 heterocycles. The van der Waals surface area contributed by atoms with Gasteiger partial charge in [0.1, 0.15) is 11.4 Å². The molecule has 0 unspecified atom stereocenters. The molecule has 0 atom stereocenters. The maximum Gasteiger partial charge on any atom is 0.312 e. The van der Waals surface area contributed by atoms with E-state index in [-0.39, 0.29) is 11.7 Å². The Morgan fingerprint density at radius 3 is 2.70 bits per heavy atom. The van der Waals surface area contributed by atoms with E-state index in [1.165, 1.54) is 18.2 Å². The third kappa shape index (κ3) is 3.63. The molecule has 0 aliphatic carbocycles. The summed E-state index contributed by atoms with van der Waals surface area (Å²) in [5.74, 6) is -0.869. The van der Waals surface area contributed by atoms with Gasteiger partial charge in [0.25, 0.3) is 0 Å². The van der Waals surface area contributed by atoms with Crippen molar-refractivity contribution in [3.05, 3.63) is 35.0 Å². The Balaban J connectivity index is 2.38. The zero-order valence-electron chi connectivity index (χ0n) is 11.4. The summed E-state index contributed by atoms with van der Waals surface area (Å²) in [5.41, 5.74) is 0.258. The molecule has 0 fully saturated rings. The van der Waals surface area contributed by atoms with Crippen LogP contribution in [-0.2, 0) is 16.0 Å². The molecular weight excluding hydrogens is 283 g/mol. The fraction of sp³-hybridized carbons (Fsp3) is 0.357. The van der Waals surface area contributed by atoms with E-state index in [9.17, 15) is 9.18 Å². The Morgan fingerprint density at radius 1 is 1.35 bits per heavy atom. The summed E-state index contributed by atoms with van der Waals surface area (Å²) >= 11 is 5.81. The van der Waals surface area contributed by atoms with Gasteiger partial charge in [-0.2, -0.15) is 0 Å². The van der Waals surface area contributed by atoms with Gasteiger partial charge in [-0.05, 0) is 50.6 Å². The molecule has 106 valence electrons. The highest BCUT2D eigenvalue weighted by Crippen LogP contribution is 2.20. The lowest BCUT2D eigenvalue weighted by Crippen LogP contribution is -2.25. The van der Waals surface area contributed by atoms with Gasteiger partial charge in [0.15, 0.2) is 0 Å². The van der Waals surface area contributed by atoms with E-state index in [0.717, 1.165) is 0 Å². The van der Waals surface area contributed by atoms with Gasteiger partial charge in [-0.3, -0.25) is 4.79 Å². The van der Waals surface area contributed by atoms with E-state index in [0.29, 0.717) is 16.6 Å². The van der Waals surface area contributed by atoms with Gasteiger partial charge in [-0.15, -0.1) is 0 Å². The summed E-state index contributed by atoms with van der Waals surface area (Å²) in [5, 5.41) is 0.475. The smallest absolute Gasteiger partial charge is 0.312 e. The van der Waals surface area contributed by atoms with E-state index in [1.54, 1.807) is 20.8 Å². The van der Waals surface area contributed by atoms with Gasteiger partial charge in [0.2, 0.25) is 5.28 Å². The van der Waals surface area contributed by atoms with Gasteiger partial charge < -0.3 is 4.74 Å². The number of benzene rings is 1. The van der Waals surface area contributed by atoms with Crippen LogP contribution in [0, 0.1) is 5.82 Å². The zero-order chi connectivity index (χ0) is 14.9. The quantitative estimate of drug-likeness (QED) is 0.630. The maximum absolute atomic E-state index is 13.3. The predicted octanol–water partition coefficient (Wildman–Crippen LogP) is 3.31. The lowest BCUT2D eigenvalue weighted by molar-refractivity contribution is -0.153. The standard InChI is InChI=1S/C14H14ClFN2O2/c1-14(2,3)20-12(19)7-11-9-6-8(16)4-5-10(9)17-13(15)18-11/h4-6H,7H2,1-3H3. The molecule has 0 N–H and O–H groups in total. The number of nitrogens with zero attached hydrogens (tertiary/aromatic N) is 2. The van der Waals surface area contributed by atoms with E-state index in [2.05, 4.69) is 9.97 Å². The molecule has 2 rings (SSSR count). The number of carbonyl (C=O) groups excluding carboxylic acids is 1. The number of hydrogen-bond donors (Lipinski definition) is 0. The molecular formula is C14H14ClFN2O2. The molecule has 0 radical (unpaired) electrons. The third-order valence-electron chi connectivity index (χ3n) is 2.44. The number of esters is 1. The normalized spacial score (nSPS) is 11.7. The third-order valence-corrected chi connectivity index (χ3v) is 2.61. The molecule has 1 aromatic carbocycles.